The second kappa shape index (κ2) is 4.24. The van der Waals surface area contributed by atoms with Crippen LogP contribution in [0.2, 0.25) is 0 Å². The summed E-state index contributed by atoms with van der Waals surface area (Å²) in [5, 5.41) is 15.4. The molecule has 2 heterocycles. The zero-order valence-corrected chi connectivity index (χ0v) is 10.2. The average molecular weight is 257 g/mol. The summed E-state index contributed by atoms with van der Waals surface area (Å²) in [5.74, 6) is 0.758. The number of hydrogen-bond donors (Lipinski definition) is 0. The van der Waals surface area contributed by atoms with Crippen molar-refractivity contribution in [3.8, 4) is 0 Å². The van der Waals surface area contributed by atoms with Crippen molar-refractivity contribution >= 4 is 16.6 Å². The first-order valence-electron chi connectivity index (χ1n) is 5.79. The van der Waals surface area contributed by atoms with Crippen LogP contribution in [0.5, 0.6) is 0 Å². The lowest BCUT2D eigenvalue weighted by Crippen LogP contribution is -1.96. The van der Waals surface area contributed by atoms with Crippen LogP contribution in [0, 0.1) is 17.0 Å². The third kappa shape index (κ3) is 2.08. The van der Waals surface area contributed by atoms with E-state index in [4.69, 9.17) is 4.52 Å². The molecule has 3 rings (SSSR count). The van der Waals surface area contributed by atoms with Gasteiger partial charge in [0.25, 0.3) is 5.69 Å². The molecule has 0 bridgehead atoms. The van der Waals surface area contributed by atoms with Crippen molar-refractivity contribution in [1.82, 2.24) is 9.72 Å². The summed E-state index contributed by atoms with van der Waals surface area (Å²) >= 11 is 0. The average Bonchev–Trinajstić information content (AvgIpc) is 2.96. The van der Waals surface area contributed by atoms with Crippen molar-refractivity contribution in [2.75, 3.05) is 0 Å². The lowest BCUT2D eigenvalue weighted by molar-refractivity contribution is -0.384. The predicted octanol–water partition coefficient (Wildman–Crippen LogP) is 2.89. The van der Waals surface area contributed by atoms with Gasteiger partial charge in [0.1, 0.15) is 0 Å². The Bertz CT molecular complexity index is 757. The molecule has 0 saturated heterocycles. The monoisotopic (exact) mass is 257 g/mol. The SMILES string of the molecule is Cc1cc(Cn2ccc3cc([N+](=O)[O-])ccc32)on1. The Balaban J connectivity index is 1.99. The van der Waals surface area contributed by atoms with Crippen molar-refractivity contribution in [3.05, 3.63) is 58.1 Å². The van der Waals surface area contributed by atoms with E-state index in [9.17, 15) is 10.1 Å². The second-order valence-corrected chi connectivity index (χ2v) is 4.38. The molecular formula is C13H11N3O3. The van der Waals surface area contributed by atoms with Crippen LogP contribution in [-0.2, 0) is 6.54 Å². The third-order valence-corrected chi connectivity index (χ3v) is 2.97. The highest BCUT2D eigenvalue weighted by atomic mass is 16.6. The van der Waals surface area contributed by atoms with Gasteiger partial charge >= 0.3 is 0 Å². The Morgan fingerprint density at radius 2 is 2.21 bits per heavy atom. The summed E-state index contributed by atoms with van der Waals surface area (Å²) in [6.45, 7) is 2.42. The minimum atomic E-state index is -0.392. The van der Waals surface area contributed by atoms with Crippen LogP contribution in [-0.4, -0.2) is 14.6 Å². The molecule has 6 nitrogen and oxygen atoms in total. The molecule has 2 aromatic heterocycles. The molecule has 0 aliphatic carbocycles. The fraction of sp³-hybridized carbons (Fsp3) is 0.154. The molecule has 0 aliphatic rings. The molecule has 0 radical (unpaired) electrons. The highest BCUT2D eigenvalue weighted by Crippen LogP contribution is 2.22. The second-order valence-electron chi connectivity index (χ2n) is 4.38. The first-order valence-corrected chi connectivity index (χ1v) is 5.79. The third-order valence-electron chi connectivity index (χ3n) is 2.97. The number of nitro groups is 1. The number of nitrogens with zero attached hydrogens (tertiary/aromatic N) is 3. The molecule has 19 heavy (non-hydrogen) atoms. The summed E-state index contributed by atoms with van der Waals surface area (Å²) in [7, 11) is 0. The molecule has 3 aromatic rings. The van der Waals surface area contributed by atoms with Crippen molar-refractivity contribution in [2.45, 2.75) is 13.5 Å². The van der Waals surface area contributed by atoms with Gasteiger partial charge in [-0.15, -0.1) is 0 Å². The molecular weight excluding hydrogens is 246 g/mol. The first kappa shape index (κ1) is 11.5. The number of benzene rings is 1. The number of fused-ring (bicyclic) bond motifs is 1. The van der Waals surface area contributed by atoms with Gasteiger partial charge in [-0.3, -0.25) is 10.1 Å². The van der Waals surface area contributed by atoms with Crippen molar-refractivity contribution < 1.29 is 9.45 Å². The van der Waals surface area contributed by atoms with Crippen LogP contribution in [0.4, 0.5) is 5.69 Å². The van der Waals surface area contributed by atoms with Crippen LogP contribution in [0.25, 0.3) is 10.9 Å². The molecule has 96 valence electrons. The van der Waals surface area contributed by atoms with Crippen LogP contribution in [0.1, 0.15) is 11.5 Å². The Labute approximate surface area is 108 Å². The van der Waals surface area contributed by atoms with Crippen molar-refractivity contribution in [1.29, 1.82) is 0 Å². The first-order chi connectivity index (χ1) is 9.13. The summed E-state index contributed by atoms with van der Waals surface area (Å²) < 4.78 is 7.14. The molecule has 0 N–H and O–H groups in total. The number of aromatic nitrogens is 2. The van der Waals surface area contributed by atoms with E-state index in [1.165, 1.54) is 6.07 Å². The fourth-order valence-electron chi connectivity index (χ4n) is 2.10. The molecule has 0 atom stereocenters. The number of rotatable bonds is 3. The van der Waals surface area contributed by atoms with Gasteiger partial charge in [-0.05, 0) is 19.1 Å². The molecule has 0 spiro atoms. The highest BCUT2D eigenvalue weighted by molar-refractivity contribution is 5.82. The minimum absolute atomic E-state index is 0.0979. The highest BCUT2D eigenvalue weighted by Gasteiger charge is 2.10. The van der Waals surface area contributed by atoms with Gasteiger partial charge in [-0.1, -0.05) is 5.16 Å². The van der Waals surface area contributed by atoms with E-state index in [0.29, 0.717) is 6.54 Å². The summed E-state index contributed by atoms with van der Waals surface area (Å²) in [4.78, 5) is 10.3. The van der Waals surface area contributed by atoms with Gasteiger partial charge in [0, 0.05) is 35.3 Å². The Morgan fingerprint density at radius 3 is 2.89 bits per heavy atom. The Kier molecular flexibility index (Phi) is 2.56. The maximum Gasteiger partial charge on any atom is 0.270 e. The van der Waals surface area contributed by atoms with Gasteiger partial charge in [0.2, 0.25) is 0 Å². The van der Waals surface area contributed by atoms with E-state index in [0.717, 1.165) is 22.4 Å². The van der Waals surface area contributed by atoms with Crippen LogP contribution in [0.3, 0.4) is 0 Å². The lowest BCUT2D eigenvalue weighted by atomic mass is 10.2. The van der Waals surface area contributed by atoms with E-state index in [2.05, 4.69) is 5.16 Å². The number of nitro benzene ring substituents is 1. The topological polar surface area (TPSA) is 74.1 Å². The van der Waals surface area contributed by atoms with Crippen molar-refractivity contribution in [2.24, 2.45) is 0 Å². The van der Waals surface area contributed by atoms with E-state index >= 15 is 0 Å². The molecule has 0 unspecified atom stereocenters. The Morgan fingerprint density at radius 1 is 1.37 bits per heavy atom. The van der Waals surface area contributed by atoms with Crippen LogP contribution >= 0.6 is 0 Å². The fourth-order valence-corrected chi connectivity index (χ4v) is 2.10. The lowest BCUT2D eigenvalue weighted by Gasteiger charge is -2.01. The predicted molar refractivity (Wildman–Crippen MR) is 68.9 cm³/mol. The quantitative estimate of drug-likeness (QED) is 0.534. The smallest absolute Gasteiger partial charge is 0.270 e. The van der Waals surface area contributed by atoms with Crippen molar-refractivity contribution in [3.63, 3.8) is 0 Å². The summed E-state index contributed by atoms with van der Waals surface area (Å²) in [6.07, 6.45) is 1.88. The van der Waals surface area contributed by atoms with Gasteiger partial charge in [-0.2, -0.15) is 0 Å². The Hall–Kier alpha value is -2.63. The van der Waals surface area contributed by atoms with Crippen LogP contribution in [0.15, 0.2) is 41.1 Å². The number of non-ortho nitro benzene ring substituents is 1. The zero-order valence-electron chi connectivity index (χ0n) is 10.2. The summed E-state index contributed by atoms with van der Waals surface area (Å²) in [6, 6.07) is 8.54. The number of aryl methyl sites for hydroxylation is 1. The van der Waals surface area contributed by atoms with E-state index in [1.807, 2.05) is 29.8 Å². The van der Waals surface area contributed by atoms with E-state index in [-0.39, 0.29) is 5.69 Å². The normalized spacial score (nSPS) is 11.0. The minimum Gasteiger partial charge on any atom is -0.359 e. The zero-order chi connectivity index (χ0) is 13.4. The maximum absolute atomic E-state index is 10.7. The van der Waals surface area contributed by atoms with Crippen LogP contribution < -0.4 is 0 Å². The van der Waals surface area contributed by atoms with Gasteiger partial charge in [0.15, 0.2) is 5.76 Å². The van der Waals surface area contributed by atoms with Gasteiger partial charge < -0.3 is 9.09 Å². The molecule has 0 saturated carbocycles. The van der Waals surface area contributed by atoms with Gasteiger partial charge in [0.05, 0.1) is 17.2 Å². The molecule has 0 fully saturated rings. The molecule has 1 aromatic carbocycles. The molecule has 0 amide bonds. The molecule has 6 heteroatoms. The van der Waals surface area contributed by atoms with Gasteiger partial charge in [-0.25, -0.2) is 0 Å². The number of hydrogen-bond acceptors (Lipinski definition) is 4. The summed E-state index contributed by atoms with van der Waals surface area (Å²) in [5.41, 5.74) is 1.86. The molecule has 0 aliphatic heterocycles. The van der Waals surface area contributed by atoms with E-state index in [1.54, 1.807) is 12.1 Å². The maximum atomic E-state index is 10.7. The largest absolute Gasteiger partial charge is 0.359 e. The van der Waals surface area contributed by atoms with E-state index < -0.39 is 4.92 Å². The standard InChI is InChI=1S/C13H11N3O3/c1-9-6-12(19-14-9)8-15-5-4-10-7-11(16(17)18)2-3-13(10)15/h2-7H,8H2,1H3.